The molecule has 1 fully saturated rings. The van der Waals surface area contributed by atoms with E-state index in [2.05, 4.69) is 37.0 Å². The first kappa shape index (κ1) is 14.0. The Balaban J connectivity index is 1.87. The Hall–Kier alpha value is -1.00. The molecule has 0 spiro atoms. The molecule has 1 aromatic carbocycles. The maximum atomic E-state index is 6.14. The molecule has 20 heavy (non-hydrogen) atoms. The molecule has 5 heteroatoms. The second-order valence-corrected chi connectivity index (χ2v) is 6.57. The fourth-order valence-corrected chi connectivity index (χ4v) is 3.20. The van der Waals surface area contributed by atoms with Crippen LogP contribution in [-0.2, 0) is 0 Å². The topological polar surface area (TPSA) is 29.9 Å². The zero-order valence-corrected chi connectivity index (χ0v) is 13.7. The van der Waals surface area contributed by atoms with Crippen LogP contribution in [0.3, 0.4) is 0 Å². The minimum atomic E-state index is 0.574. The van der Waals surface area contributed by atoms with Crippen molar-refractivity contribution in [3.8, 4) is 0 Å². The van der Waals surface area contributed by atoms with Crippen LogP contribution in [-0.4, -0.2) is 9.55 Å². The van der Waals surface area contributed by atoms with Crippen molar-refractivity contribution in [2.45, 2.75) is 38.6 Å². The van der Waals surface area contributed by atoms with Gasteiger partial charge in [0.05, 0.1) is 10.7 Å². The molecule has 0 aliphatic heterocycles. The van der Waals surface area contributed by atoms with Gasteiger partial charge in [-0.25, -0.2) is 4.98 Å². The fourth-order valence-electron chi connectivity index (χ4n) is 2.77. The minimum absolute atomic E-state index is 0.574. The SMILES string of the molecule is Cc1cn(C2CCCC2)c(Nc2ccc(Br)c(Cl)c2)n1. The highest BCUT2D eigenvalue weighted by Gasteiger charge is 2.20. The lowest BCUT2D eigenvalue weighted by Gasteiger charge is -2.15. The molecular formula is C15H17BrClN3. The number of anilines is 2. The Morgan fingerprint density at radius 3 is 2.80 bits per heavy atom. The summed E-state index contributed by atoms with van der Waals surface area (Å²) in [6.07, 6.45) is 7.24. The number of hydrogen-bond donors (Lipinski definition) is 1. The lowest BCUT2D eigenvalue weighted by molar-refractivity contribution is 0.524. The summed E-state index contributed by atoms with van der Waals surface area (Å²) in [6, 6.07) is 6.43. The van der Waals surface area contributed by atoms with Crippen LogP contribution >= 0.6 is 27.5 Å². The minimum Gasteiger partial charge on any atom is -0.326 e. The quantitative estimate of drug-likeness (QED) is 0.792. The highest BCUT2D eigenvalue weighted by atomic mass is 79.9. The van der Waals surface area contributed by atoms with E-state index in [9.17, 15) is 0 Å². The van der Waals surface area contributed by atoms with Gasteiger partial charge in [0.2, 0.25) is 5.95 Å². The van der Waals surface area contributed by atoms with Gasteiger partial charge in [-0.2, -0.15) is 0 Å². The van der Waals surface area contributed by atoms with Crippen molar-refractivity contribution >= 4 is 39.2 Å². The number of aromatic nitrogens is 2. The second-order valence-electron chi connectivity index (χ2n) is 5.31. The molecule has 2 aromatic rings. The molecule has 0 atom stereocenters. The van der Waals surface area contributed by atoms with E-state index in [1.54, 1.807) is 0 Å². The zero-order chi connectivity index (χ0) is 14.1. The van der Waals surface area contributed by atoms with E-state index in [4.69, 9.17) is 11.6 Å². The molecule has 1 aromatic heterocycles. The largest absolute Gasteiger partial charge is 0.326 e. The molecule has 0 amide bonds. The summed E-state index contributed by atoms with van der Waals surface area (Å²) in [5, 5.41) is 4.08. The number of nitrogens with zero attached hydrogens (tertiary/aromatic N) is 2. The number of benzene rings is 1. The van der Waals surface area contributed by atoms with Gasteiger partial charge in [-0.3, -0.25) is 0 Å². The Bertz CT molecular complexity index is 618. The average Bonchev–Trinajstić information content (AvgIpc) is 3.03. The Morgan fingerprint density at radius 2 is 2.10 bits per heavy atom. The molecule has 0 radical (unpaired) electrons. The highest BCUT2D eigenvalue weighted by Crippen LogP contribution is 2.33. The van der Waals surface area contributed by atoms with Crippen LogP contribution in [0.4, 0.5) is 11.6 Å². The van der Waals surface area contributed by atoms with Gasteiger partial charge in [0.1, 0.15) is 0 Å². The van der Waals surface area contributed by atoms with E-state index >= 15 is 0 Å². The van der Waals surface area contributed by atoms with Gasteiger partial charge in [-0.1, -0.05) is 24.4 Å². The van der Waals surface area contributed by atoms with Crippen LogP contribution in [0, 0.1) is 6.92 Å². The monoisotopic (exact) mass is 353 g/mol. The maximum absolute atomic E-state index is 6.14. The van der Waals surface area contributed by atoms with E-state index < -0.39 is 0 Å². The fraction of sp³-hybridized carbons (Fsp3) is 0.400. The third-order valence-electron chi connectivity index (χ3n) is 3.75. The molecule has 3 rings (SSSR count). The molecule has 0 bridgehead atoms. The first-order valence-electron chi connectivity index (χ1n) is 6.91. The third kappa shape index (κ3) is 2.86. The van der Waals surface area contributed by atoms with Crippen LogP contribution in [0.25, 0.3) is 0 Å². The standard InChI is InChI=1S/C15H17BrClN3/c1-10-9-20(12-4-2-3-5-12)15(18-10)19-11-6-7-13(16)14(17)8-11/h6-9,12H,2-5H2,1H3,(H,18,19). The van der Waals surface area contributed by atoms with Gasteiger partial charge >= 0.3 is 0 Å². The summed E-state index contributed by atoms with van der Waals surface area (Å²) >= 11 is 9.54. The normalized spacial score (nSPS) is 15.8. The van der Waals surface area contributed by atoms with Crippen molar-refractivity contribution in [2.24, 2.45) is 0 Å². The molecule has 0 saturated heterocycles. The number of halogens is 2. The van der Waals surface area contributed by atoms with Gasteiger partial charge in [-0.05, 0) is 53.9 Å². The van der Waals surface area contributed by atoms with E-state index in [-0.39, 0.29) is 0 Å². The Morgan fingerprint density at radius 1 is 1.35 bits per heavy atom. The van der Waals surface area contributed by atoms with Crippen molar-refractivity contribution in [3.05, 3.63) is 39.6 Å². The van der Waals surface area contributed by atoms with Gasteiger partial charge < -0.3 is 9.88 Å². The predicted octanol–water partition coefficient (Wildman–Crippen LogP) is 5.47. The predicted molar refractivity (Wildman–Crippen MR) is 86.9 cm³/mol. The van der Waals surface area contributed by atoms with E-state index in [0.29, 0.717) is 11.1 Å². The first-order valence-corrected chi connectivity index (χ1v) is 8.08. The molecular weight excluding hydrogens is 338 g/mol. The molecule has 1 aliphatic rings. The second kappa shape index (κ2) is 5.78. The van der Waals surface area contributed by atoms with Gasteiger partial charge in [0.25, 0.3) is 0 Å². The third-order valence-corrected chi connectivity index (χ3v) is 4.98. The summed E-state index contributed by atoms with van der Waals surface area (Å²) in [7, 11) is 0. The van der Waals surface area contributed by atoms with Crippen LogP contribution < -0.4 is 5.32 Å². The maximum Gasteiger partial charge on any atom is 0.207 e. The highest BCUT2D eigenvalue weighted by molar-refractivity contribution is 9.10. The number of hydrogen-bond acceptors (Lipinski definition) is 2. The first-order chi connectivity index (χ1) is 9.63. The molecule has 1 saturated carbocycles. The number of aryl methyl sites for hydroxylation is 1. The van der Waals surface area contributed by atoms with Crippen molar-refractivity contribution in [1.82, 2.24) is 9.55 Å². The zero-order valence-electron chi connectivity index (χ0n) is 11.4. The molecule has 1 aliphatic carbocycles. The summed E-state index contributed by atoms with van der Waals surface area (Å²) in [5.74, 6) is 0.910. The van der Waals surface area contributed by atoms with Crippen molar-refractivity contribution in [1.29, 1.82) is 0 Å². The Labute approximate surface area is 132 Å². The lowest BCUT2D eigenvalue weighted by Crippen LogP contribution is -2.07. The van der Waals surface area contributed by atoms with Crippen LogP contribution in [0.5, 0.6) is 0 Å². The van der Waals surface area contributed by atoms with Crippen LogP contribution in [0.15, 0.2) is 28.9 Å². The average molecular weight is 355 g/mol. The van der Waals surface area contributed by atoms with Gasteiger partial charge in [0, 0.05) is 22.4 Å². The Kier molecular flexibility index (Phi) is 4.03. The molecule has 3 nitrogen and oxygen atoms in total. The van der Waals surface area contributed by atoms with E-state index in [0.717, 1.165) is 21.8 Å². The number of imidazole rings is 1. The van der Waals surface area contributed by atoms with Crippen LogP contribution in [0.2, 0.25) is 5.02 Å². The van der Waals surface area contributed by atoms with Gasteiger partial charge in [-0.15, -0.1) is 0 Å². The summed E-state index contributed by atoms with van der Waals surface area (Å²) in [6.45, 7) is 2.03. The lowest BCUT2D eigenvalue weighted by atomic mass is 10.2. The van der Waals surface area contributed by atoms with E-state index in [1.165, 1.54) is 25.7 Å². The molecule has 0 unspecified atom stereocenters. The summed E-state index contributed by atoms with van der Waals surface area (Å²) in [5.41, 5.74) is 2.01. The molecule has 1 N–H and O–H groups in total. The molecule has 106 valence electrons. The summed E-state index contributed by atoms with van der Waals surface area (Å²) < 4.78 is 3.18. The van der Waals surface area contributed by atoms with E-state index in [1.807, 2.05) is 25.1 Å². The number of rotatable bonds is 3. The van der Waals surface area contributed by atoms with Crippen LogP contribution in [0.1, 0.15) is 37.4 Å². The van der Waals surface area contributed by atoms with Crippen molar-refractivity contribution in [3.63, 3.8) is 0 Å². The smallest absolute Gasteiger partial charge is 0.207 e. The number of nitrogens with one attached hydrogen (secondary N) is 1. The van der Waals surface area contributed by atoms with Gasteiger partial charge in [0.15, 0.2) is 0 Å². The molecule has 1 heterocycles. The van der Waals surface area contributed by atoms with Crippen molar-refractivity contribution < 1.29 is 0 Å². The summed E-state index contributed by atoms with van der Waals surface area (Å²) in [4.78, 5) is 4.60. The van der Waals surface area contributed by atoms with Crippen molar-refractivity contribution in [2.75, 3.05) is 5.32 Å².